The van der Waals surface area contributed by atoms with Gasteiger partial charge in [-0.05, 0) is 32.0 Å². The van der Waals surface area contributed by atoms with Crippen LogP contribution in [0.2, 0.25) is 0 Å². The number of hydrogen-bond donors (Lipinski definition) is 2. The van der Waals surface area contributed by atoms with Crippen LogP contribution in [-0.2, 0) is 10.5 Å². The largest absolute Gasteiger partial charge is 0.478 e. The third kappa shape index (κ3) is 4.11. The van der Waals surface area contributed by atoms with E-state index in [0.29, 0.717) is 11.4 Å². The minimum atomic E-state index is -1.02. The van der Waals surface area contributed by atoms with Gasteiger partial charge in [-0.2, -0.15) is 0 Å². The van der Waals surface area contributed by atoms with Crippen LogP contribution in [0.1, 0.15) is 27.4 Å². The van der Waals surface area contributed by atoms with Gasteiger partial charge in [0.15, 0.2) is 0 Å². The molecule has 1 aromatic heterocycles. The van der Waals surface area contributed by atoms with Crippen LogP contribution in [-0.4, -0.2) is 27.9 Å². The lowest BCUT2D eigenvalue weighted by atomic mass is 10.2. The Balaban J connectivity index is 1.86. The third-order valence-electron chi connectivity index (χ3n) is 3.05. The number of nitrogens with one attached hydrogen (secondary N) is 1. The Morgan fingerprint density at radius 1 is 1.36 bits per heavy atom. The van der Waals surface area contributed by atoms with E-state index in [1.54, 1.807) is 12.1 Å². The van der Waals surface area contributed by atoms with Crippen LogP contribution in [0.4, 0.5) is 5.69 Å². The van der Waals surface area contributed by atoms with Crippen molar-refractivity contribution in [2.24, 2.45) is 0 Å². The quantitative estimate of drug-likeness (QED) is 0.850. The van der Waals surface area contributed by atoms with Crippen molar-refractivity contribution in [3.63, 3.8) is 0 Å². The summed E-state index contributed by atoms with van der Waals surface area (Å²) in [5.74, 6) is 0.466. The molecule has 0 saturated carbocycles. The third-order valence-corrected chi connectivity index (χ3v) is 4.01. The molecule has 0 atom stereocenters. The number of carboxylic acid groups (broad SMARTS) is 1. The molecule has 0 aliphatic rings. The SMILES string of the molecule is Cc1noc(C)c1CSCC(=O)Nc1cccc(C(=O)O)c1. The number of carboxylic acids is 1. The molecular formula is C15H16N2O4S. The zero-order valence-electron chi connectivity index (χ0n) is 12.3. The van der Waals surface area contributed by atoms with Crippen LogP contribution in [0.25, 0.3) is 0 Å². The molecule has 116 valence electrons. The van der Waals surface area contributed by atoms with Gasteiger partial charge in [-0.15, -0.1) is 11.8 Å². The highest BCUT2D eigenvalue weighted by molar-refractivity contribution is 7.99. The number of aryl methyl sites for hydroxylation is 2. The fourth-order valence-corrected chi connectivity index (χ4v) is 2.86. The summed E-state index contributed by atoms with van der Waals surface area (Å²) in [6.07, 6.45) is 0. The summed E-state index contributed by atoms with van der Waals surface area (Å²) in [7, 11) is 0. The maximum Gasteiger partial charge on any atom is 0.335 e. The zero-order valence-corrected chi connectivity index (χ0v) is 13.1. The predicted octanol–water partition coefficient (Wildman–Crippen LogP) is 2.86. The van der Waals surface area contributed by atoms with E-state index in [1.165, 1.54) is 23.9 Å². The van der Waals surface area contributed by atoms with Crippen LogP contribution in [0, 0.1) is 13.8 Å². The molecule has 0 radical (unpaired) electrons. The monoisotopic (exact) mass is 320 g/mol. The first-order valence-corrected chi connectivity index (χ1v) is 7.75. The van der Waals surface area contributed by atoms with Crippen molar-refractivity contribution in [1.82, 2.24) is 5.16 Å². The molecule has 1 amide bonds. The van der Waals surface area contributed by atoms with Gasteiger partial charge < -0.3 is 14.9 Å². The number of nitrogens with zero attached hydrogens (tertiary/aromatic N) is 1. The number of hydrogen-bond acceptors (Lipinski definition) is 5. The van der Waals surface area contributed by atoms with Gasteiger partial charge in [-0.25, -0.2) is 4.79 Å². The fourth-order valence-electron chi connectivity index (χ4n) is 1.88. The molecule has 6 nitrogen and oxygen atoms in total. The molecule has 0 spiro atoms. The standard InChI is InChI=1S/C15H16N2O4S/c1-9-13(10(2)21-17-9)7-22-8-14(18)16-12-5-3-4-11(6-12)15(19)20/h3-6H,7-8H2,1-2H3,(H,16,18)(H,19,20). The number of rotatable bonds is 6. The van der Waals surface area contributed by atoms with Crippen molar-refractivity contribution in [3.8, 4) is 0 Å². The second-order valence-corrected chi connectivity index (χ2v) is 5.72. The van der Waals surface area contributed by atoms with Crippen LogP contribution >= 0.6 is 11.8 Å². The number of aromatic nitrogens is 1. The van der Waals surface area contributed by atoms with Crippen LogP contribution < -0.4 is 5.32 Å². The highest BCUT2D eigenvalue weighted by atomic mass is 32.2. The zero-order chi connectivity index (χ0) is 16.1. The van der Waals surface area contributed by atoms with E-state index >= 15 is 0 Å². The van der Waals surface area contributed by atoms with Crippen molar-refractivity contribution < 1.29 is 19.2 Å². The number of benzene rings is 1. The topological polar surface area (TPSA) is 92.4 Å². The average molecular weight is 320 g/mol. The van der Waals surface area contributed by atoms with Crippen LogP contribution in [0.3, 0.4) is 0 Å². The predicted molar refractivity (Wildman–Crippen MR) is 84.2 cm³/mol. The molecule has 2 aromatic rings. The van der Waals surface area contributed by atoms with E-state index in [-0.39, 0.29) is 17.2 Å². The number of carbonyl (C=O) groups excluding carboxylic acids is 1. The van der Waals surface area contributed by atoms with E-state index in [1.807, 2.05) is 13.8 Å². The molecule has 0 fully saturated rings. The molecular weight excluding hydrogens is 304 g/mol. The smallest absolute Gasteiger partial charge is 0.335 e. The van der Waals surface area contributed by atoms with Crippen molar-refractivity contribution in [3.05, 3.63) is 46.8 Å². The van der Waals surface area contributed by atoms with Gasteiger partial charge in [0.05, 0.1) is 17.0 Å². The maximum atomic E-state index is 11.9. The first kappa shape index (κ1) is 16.1. The van der Waals surface area contributed by atoms with Gasteiger partial charge in [0.25, 0.3) is 0 Å². The summed E-state index contributed by atoms with van der Waals surface area (Å²) in [6.45, 7) is 3.71. The minimum Gasteiger partial charge on any atom is -0.478 e. The van der Waals surface area contributed by atoms with Gasteiger partial charge in [-0.3, -0.25) is 4.79 Å². The lowest BCUT2D eigenvalue weighted by Gasteiger charge is -2.06. The summed E-state index contributed by atoms with van der Waals surface area (Å²) in [6, 6.07) is 6.16. The summed E-state index contributed by atoms with van der Waals surface area (Å²) in [5, 5.41) is 15.5. The number of amides is 1. The number of aromatic carboxylic acids is 1. The van der Waals surface area contributed by atoms with Crippen molar-refractivity contribution in [2.75, 3.05) is 11.1 Å². The van der Waals surface area contributed by atoms with Crippen LogP contribution in [0.15, 0.2) is 28.8 Å². The Bertz CT molecular complexity index is 677. The van der Waals surface area contributed by atoms with Gasteiger partial charge in [0.2, 0.25) is 5.91 Å². The lowest BCUT2D eigenvalue weighted by Crippen LogP contribution is -2.14. The molecule has 0 aliphatic heterocycles. The van der Waals surface area contributed by atoms with Crippen molar-refractivity contribution >= 4 is 29.3 Å². The highest BCUT2D eigenvalue weighted by Gasteiger charge is 2.11. The number of thioether (sulfide) groups is 1. The molecule has 0 bridgehead atoms. The Morgan fingerprint density at radius 2 is 2.14 bits per heavy atom. The molecule has 2 N–H and O–H groups in total. The summed E-state index contributed by atoms with van der Waals surface area (Å²) < 4.78 is 5.06. The van der Waals surface area contributed by atoms with Crippen molar-refractivity contribution in [2.45, 2.75) is 19.6 Å². The number of carbonyl (C=O) groups is 2. The second-order valence-electron chi connectivity index (χ2n) is 4.73. The maximum absolute atomic E-state index is 11.9. The first-order valence-electron chi connectivity index (χ1n) is 6.60. The molecule has 22 heavy (non-hydrogen) atoms. The second kappa shape index (κ2) is 7.13. The normalized spacial score (nSPS) is 10.5. The van der Waals surface area contributed by atoms with Gasteiger partial charge in [0.1, 0.15) is 5.76 Å². The van der Waals surface area contributed by atoms with E-state index in [2.05, 4.69) is 10.5 Å². The first-order chi connectivity index (χ1) is 10.5. The average Bonchev–Trinajstić information content (AvgIpc) is 2.79. The van der Waals surface area contributed by atoms with E-state index in [0.717, 1.165) is 17.0 Å². The minimum absolute atomic E-state index is 0.140. The molecule has 0 aliphatic carbocycles. The fraction of sp³-hybridized carbons (Fsp3) is 0.267. The van der Waals surface area contributed by atoms with Gasteiger partial charge in [-0.1, -0.05) is 11.2 Å². The Hall–Kier alpha value is -2.28. The molecule has 1 aromatic carbocycles. The molecule has 1 heterocycles. The molecule has 0 saturated heterocycles. The molecule has 7 heteroatoms. The van der Waals surface area contributed by atoms with Gasteiger partial charge in [0, 0.05) is 17.0 Å². The summed E-state index contributed by atoms with van der Waals surface area (Å²) in [4.78, 5) is 22.7. The highest BCUT2D eigenvalue weighted by Crippen LogP contribution is 2.19. The number of anilines is 1. The van der Waals surface area contributed by atoms with E-state index in [4.69, 9.17) is 9.63 Å². The van der Waals surface area contributed by atoms with E-state index < -0.39 is 5.97 Å². The Kier molecular flexibility index (Phi) is 5.21. The summed E-state index contributed by atoms with van der Waals surface area (Å²) in [5.41, 5.74) is 2.45. The van der Waals surface area contributed by atoms with Gasteiger partial charge >= 0.3 is 5.97 Å². The van der Waals surface area contributed by atoms with Crippen molar-refractivity contribution in [1.29, 1.82) is 0 Å². The van der Waals surface area contributed by atoms with Crippen LogP contribution in [0.5, 0.6) is 0 Å². The molecule has 0 unspecified atom stereocenters. The Morgan fingerprint density at radius 3 is 2.77 bits per heavy atom. The molecule has 2 rings (SSSR count). The van der Waals surface area contributed by atoms with E-state index in [9.17, 15) is 9.59 Å². The lowest BCUT2D eigenvalue weighted by molar-refractivity contribution is -0.113. The summed E-state index contributed by atoms with van der Waals surface area (Å²) >= 11 is 1.45. The Labute approximate surface area is 131 Å².